The zero-order valence-electron chi connectivity index (χ0n) is 11.7. The lowest BCUT2D eigenvalue weighted by Gasteiger charge is -2.23. The number of likely N-dealkylation sites (N-methyl/N-ethyl adjacent to an activating group) is 1. The molecular weight excluding hydrogens is 256 g/mol. The third-order valence-corrected chi connectivity index (χ3v) is 3.67. The van der Waals surface area contributed by atoms with Gasteiger partial charge in [-0.05, 0) is 25.6 Å². The van der Waals surface area contributed by atoms with Gasteiger partial charge in [0.1, 0.15) is 12.2 Å². The number of ether oxygens (including phenoxy) is 1. The monoisotopic (exact) mass is 276 g/mol. The maximum Gasteiger partial charge on any atom is 0.110 e. The van der Waals surface area contributed by atoms with E-state index in [2.05, 4.69) is 6.07 Å². The van der Waals surface area contributed by atoms with Gasteiger partial charge in [0.05, 0.1) is 23.8 Å². The van der Waals surface area contributed by atoms with Gasteiger partial charge in [0.15, 0.2) is 0 Å². The highest BCUT2D eigenvalue weighted by Crippen LogP contribution is 2.22. The largest absolute Gasteiger partial charge is 0.388 e. The van der Waals surface area contributed by atoms with Crippen LogP contribution in [-0.2, 0) is 11.3 Å². The quantitative estimate of drug-likeness (QED) is 0.837. The molecule has 2 rings (SSSR count). The fourth-order valence-corrected chi connectivity index (χ4v) is 2.52. The molecule has 1 fully saturated rings. The number of aliphatic hydroxyl groups is 2. The second-order valence-corrected chi connectivity index (χ2v) is 5.33. The second-order valence-electron chi connectivity index (χ2n) is 5.33. The molecule has 108 valence electrons. The summed E-state index contributed by atoms with van der Waals surface area (Å²) >= 11 is 0. The molecule has 0 saturated carbocycles. The first-order valence-electron chi connectivity index (χ1n) is 6.71. The molecule has 0 radical (unpaired) electrons. The van der Waals surface area contributed by atoms with Gasteiger partial charge >= 0.3 is 0 Å². The van der Waals surface area contributed by atoms with Crippen molar-refractivity contribution in [2.45, 2.75) is 37.9 Å². The molecule has 0 spiro atoms. The first-order valence-corrected chi connectivity index (χ1v) is 6.71. The molecular formula is C15H20N2O3. The van der Waals surface area contributed by atoms with Crippen LogP contribution in [-0.4, -0.2) is 53.1 Å². The van der Waals surface area contributed by atoms with Gasteiger partial charge in [-0.2, -0.15) is 5.26 Å². The Kier molecular flexibility index (Phi) is 4.73. The summed E-state index contributed by atoms with van der Waals surface area (Å²) in [6, 6.07) is 9.61. The third-order valence-electron chi connectivity index (χ3n) is 3.67. The molecule has 2 unspecified atom stereocenters. The third kappa shape index (κ3) is 3.17. The molecule has 0 amide bonds. The van der Waals surface area contributed by atoms with E-state index < -0.39 is 18.3 Å². The first-order chi connectivity index (χ1) is 9.52. The molecule has 1 aliphatic heterocycles. The van der Waals surface area contributed by atoms with Crippen LogP contribution in [0.25, 0.3) is 0 Å². The van der Waals surface area contributed by atoms with Crippen LogP contribution < -0.4 is 0 Å². The second kappa shape index (κ2) is 6.33. The van der Waals surface area contributed by atoms with Crippen molar-refractivity contribution >= 4 is 0 Å². The summed E-state index contributed by atoms with van der Waals surface area (Å²) < 4.78 is 5.54. The Hall–Kier alpha value is -1.45. The number of hydrogen-bond acceptors (Lipinski definition) is 5. The minimum atomic E-state index is -0.862. The molecule has 0 aromatic heterocycles. The summed E-state index contributed by atoms with van der Waals surface area (Å²) in [7, 11) is 1.90. The van der Waals surface area contributed by atoms with Crippen molar-refractivity contribution in [2.75, 3.05) is 13.6 Å². The van der Waals surface area contributed by atoms with Crippen LogP contribution in [0.3, 0.4) is 0 Å². The maximum atomic E-state index is 9.89. The number of benzene rings is 1. The molecule has 0 bridgehead atoms. The summed E-state index contributed by atoms with van der Waals surface area (Å²) in [5, 5.41) is 28.6. The van der Waals surface area contributed by atoms with E-state index in [1.807, 2.05) is 30.1 Å². The normalized spacial score (nSPS) is 29.6. The predicted octanol–water partition coefficient (Wildman–Crippen LogP) is 0.499. The average molecular weight is 276 g/mol. The smallest absolute Gasteiger partial charge is 0.110 e. The molecule has 5 nitrogen and oxygen atoms in total. The summed E-state index contributed by atoms with van der Waals surface area (Å²) in [4.78, 5) is 1.98. The minimum absolute atomic E-state index is 0.352. The van der Waals surface area contributed by atoms with Crippen molar-refractivity contribution < 1.29 is 14.9 Å². The van der Waals surface area contributed by atoms with Crippen molar-refractivity contribution in [1.29, 1.82) is 5.26 Å². The maximum absolute atomic E-state index is 9.89. The molecule has 1 aromatic carbocycles. The Bertz CT molecular complexity index is 500. The van der Waals surface area contributed by atoms with Gasteiger partial charge < -0.3 is 14.9 Å². The van der Waals surface area contributed by atoms with E-state index in [1.54, 1.807) is 13.0 Å². The van der Waals surface area contributed by atoms with E-state index in [0.29, 0.717) is 18.7 Å². The lowest BCUT2D eigenvalue weighted by molar-refractivity contribution is -0.00254. The van der Waals surface area contributed by atoms with Crippen LogP contribution in [0.2, 0.25) is 0 Å². The summed E-state index contributed by atoms with van der Waals surface area (Å²) in [5.41, 5.74) is 1.60. The number of rotatable bonds is 4. The Balaban J connectivity index is 1.96. The van der Waals surface area contributed by atoms with E-state index in [1.165, 1.54) is 0 Å². The Morgan fingerprint density at radius 1 is 1.30 bits per heavy atom. The Labute approximate surface area is 119 Å². The molecule has 1 heterocycles. The molecule has 5 heteroatoms. The van der Waals surface area contributed by atoms with Crippen molar-refractivity contribution in [3.05, 3.63) is 35.4 Å². The van der Waals surface area contributed by atoms with E-state index in [-0.39, 0.29) is 6.10 Å². The highest BCUT2D eigenvalue weighted by atomic mass is 16.5. The van der Waals surface area contributed by atoms with Crippen LogP contribution in [0.5, 0.6) is 0 Å². The number of nitriles is 1. The van der Waals surface area contributed by atoms with Crippen LogP contribution in [0.15, 0.2) is 24.3 Å². The van der Waals surface area contributed by atoms with Gasteiger partial charge in [-0.3, -0.25) is 4.90 Å². The highest BCUT2D eigenvalue weighted by molar-refractivity contribution is 5.37. The molecule has 4 atom stereocenters. The first kappa shape index (κ1) is 14.9. The summed E-state index contributed by atoms with van der Waals surface area (Å²) in [5.74, 6) is 0. The lowest BCUT2D eigenvalue weighted by atomic mass is 10.1. The predicted molar refractivity (Wildman–Crippen MR) is 73.8 cm³/mol. The Morgan fingerprint density at radius 2 is 2.00 bits per heavy atom. The van der Waals surface area contributed by atoms with Crippen LogP contribution in [0, 0.1) is 11.3 Å². The summed E-state index contributed by atoms with van der Waals surface area (Å²) in [6.45, 7) is 2.85. The standard InChI is InChI=1S/C15H20N2O3/c1-10-14(18)15(19)13(20-10)9-17(2)8-12-6-4-3-5-11(12)7-16/h3-6,10,13-15,18-19H,8-9H2,1-2H3/t10-,13+,14?,15?/m0/s1. The molecule has 1 aliphatic rings. The van der Waals surface area contributed by atoms with Crippen molar-refractivity contribution in [3.8, 4) is 6.07 Å². The van der Waals surface area contributed by atoms with Gasteiger partial charge in [0, 0.05) is 13.1 Å². The summed E-state index contributed by atoms with van der Waals surface area (Å²) in [6.07, 6.45) is -2.45. The average Bonchev–Trinajstić information content (AvgIpc) is 2.67. The van der Waals surface area contributed by atoms with Gasteiger partial charge in [0.2, 0.25) is 0 Å². The highest BCUT2D eigenvalue weighted by Gasteiger charge is 2.40. The zero-order chi connectivity index (χ0) is 14.7. The fourth-order valence-electron chi connectivity index (χ4n) is 2.52. The zero-order valence-corrected chi connectivity index (χ0v) is 11.7. The van der Waals surface area contributed by atoms with E-state index in [0.717, 1.165) is 5.56 Å². The van der Waals surface area contributed by atoms with Crippen LogP contribution in [0.4, 0.5) is 0 Å². The molecule has 1 saturated heterocycles. The fraction of sp³-hybridized carbons (Fsp3) is 0.533. The van der Waals surface area contributed by atoms with Crippen molar-refractivity contribution in [1.82, 2.24) is 4.90 Å². The Morgan fingerprint density at radius 3 is 2.60 bits per heavy atom. The van der Waals surface area contributed by atoms with Crippen molar-refractivity contribution in [2.24, 2.45) is 0 Å². The van der Waals surface area contributed by atoms with Gasteiger partial charge in [-0.1, -0.05) is 18.2 Å². The molecule has 1 aromatic rings. The molecule has 20 heavy (non-hydrogen) atoms. The van der Waals surface area contributed by atoms with Crippen LogP contribution in [0.1, 0.15) is 18.1 Å². The SMILES string of the molecule is C[C@@H]1O[C@H](CN(C)Cc2ccccc2C#N)C(O)C1O. The van der Waals surface area contributed by atoms with E-state index in [9.17, 15) is 10.2 Å². The van der Waals surface area contributed by atoms with Gasteiger partial charge in [-0.25, -0.2) is 0 Å². The number of aliphatic hydroxyl groups excluding tert-OH is 2. The van der Waals surface area contributed by atoms with Gasteiger partial charge in [0.25, 0.3) is 0 Å². The molecule has 2 N–H and O–H groups in total. The van der Waals surface area contributed by atoms with E-state index >= 15 is 0 Å². The number of nitrogens with zero attached hydrogens (tertiary/aromatic N) is 2. The van der Waals surface area contributed by atoms with Gasteiger partial charge in [-0.15, -0.1) is 0 Å². The number of hydrogen-bond donors (Lipinski definition) is 2. The van der Waals surface area contributed by atoms with E-state index in [4.69, 9.17) is 10.00 Å². The minimum Gasteiger partial charge on any atom is -0.388 e. The lowest BCUT2D eigenvalue weighted by Crippen LogP contribution is -2.38. The topological polar surface area (TPSA) is 76.7 Å². The molecule has 0 aliphatic carbocycles. The van der Waals surface area contributed by atoms with Crippen molar-refractivity contribution in [3.63, 3.8) is 0 Å². The van der Waals surface area contributed by atoms with Crippen LogP contribution >= 0.6 is 0 Å².